The van der Waals surface area contributed by atoms with Crippen LogP contribution in [0, 0.1) is 0 Å². The van der Waals surface area contributed by atoms with Crippen molar-refractivity contribution in [2.45, 2.75) is 20.3 Å². The molecule has 5 nitrogen and oxygen atoms in total. The molecule has 1 heterocycles. The number of nitrogens with one attached hydrogen (secondary N) is 1. The average molecular weight is 428 g/mol. The second kappa shape index (κ2) is 9.67. The van der Waals surface area contributed by atoms with Gasteiger partial charge in [0.25, 0.3) is 5.91 Å². The number of anilines is 1. The summed E-state index contributed by atoms with van der Waals surface area (Å²) < 4.78 is 0. The van der Waals surface area contributed by atoms with Crippen LogP contribution in [0.1, 0.15) is 29.9 Å². The lowest BCUT2D eigenvalue weighted by Crippen LogP contribution is -2.30. The smallest absolute Gasteiger partial charge is 0.255 e. The van der Waals surface area contributed by atoms with Crippen LogP contribution >= 0.6 is 22.9 Å². The van der Waals surface area contributed by atoms with Gasteiger partial charge in [0.15, 0.2) is 0 Å². The number of rotatable bonds is 7. The molecule has 1 N–H and O–H groups in total. The van der Waals surface area contributed by atoms with Gasteiger partial charge in [0.2, 0.25) is 5.91 Å². The lowest BCUT2D eigenvalue weighted by molar-refractivity contribution is -0.115. The SMILES string of the molecule is CCN(CC)C(=O)c1ccc(NC(=O)Cc2csc(-c3ccccc3)n2)cc1Cl. The molecule has 0 saturated carbocycles. The fourth-order valence-corrected chi connectivity index (χ4v) is 4.01. The zero-order valence-electron chi connectivity index (χ0n) is 16.3. The number of halogens is 1. The molecule has 29 heavy (non-hydrogen) atoms. The van der Waals surface area contributed by atoms with Crippen molar-refractivity contribution in [2.24, 2.45) is 0 Å². The maximum atomic E-state index is 12.5. The van der Waals surface area contributed by atoms with Gasteiger partial charge >= 0.3 is 0 Å². The van der Waals surface area contributed by atoms with E-state index in [4.69, 9.17) is 11.6 Å². The van der Waals surface area contributed by atoms with Crippen LogP contribution in [0.25, 0.3) is 10.6 Å². The Labute approximate surface area is 179 Å². The number of hydrogen-bond donors (Lipinski definition) is 1. The Morgan fingerprint density at radius 2 is 1.83 bits per heavy atom. The molecule has 1 aromatic heterocycles. The number of carbonyl (C=O) groups is 2. The highest BCUT2D eigenvalue weighted by Gasteiger charge is 2.17. The van der Waals surface area contributed by atoms with E-state index in [2.05, 4.69) is 10.3 Å². The van der Waals surface area contributed by atoms with Crippen molar-refractivity contribution < 1.29 is 9.59 Å². The number of carbonyl (C=O) groups excluding carboxylic acids is 2. The molecule has 0 saturated heterocycles. The van der Waals surface area contributed by atoms with E-state index >= 15 is 0 Å². The zero-order valence-corrected chi connectivity index (χ0v) is 17.9. The molecule has 3 aromatic rings. The van der Waals surface area contributed by atoms with Crippen LogP contribution in [0.4, 0.5) is 5.69 Å². The van der Waals surface area contributed by atoms with E-state index in [-0.39, 0.29) is 18.2 Å². The summed E-state index contributed by atoms with van der Waals surface area (Å²) in [6.45, 7) is 5.07. The second-order valence-corrected chi connectivity index (χ2v) is 7.67. The highest BCUT2D eigenvalue weighted by molar-refractivity contribution is 7.13. The number of benzene rings is 2. The van der Waals surface area contributed by atoms with Crippen molar-refractivity contribution in [3.8, 4) is 10.6 Å². The van der Waals surface area contributed by atoms with Gasteiger partial charge in [-0.3, -0.25) is 9.59 Å². The van der Waals surface area contributed by atoms with Crippen LogP contribution in [-0.4, -0.2) is 34.8 Å². The lowest BCUT2D eigenvalue weighted by Gasteiger charge is -2.19. The molecular formula is C22H22ClN3O2S. The van der Waals surface area contributed by atoms with E-state index in [1.54, 1.807) is 23.1 Å². The molecule has 0 aliphatic heterocycles. The molecule has 3 rings (SSSR count). The van der Waals surface area contributed by atoms with Gasteiger partial charge in [0, 0.05) is 29.7 Å². The Bertz CT molecular complexity index is 1000. The highest BCUT2D eigenvalue weighted by atomic mass is 35.5. The molecule has 2 amide bonds. The second-order valence-electron chi connectivity index (χ2n) is 6.41. The Morgan fingerprint density at radius 3 is 2.48 bits per heavy atom. The summed E-state index contributed by atoms with van der Waals surface area (Å²) in [7, 11) is 0. The first-order chi connectivity index (χ1) is 14.0. The first-order valence-electron chi connectivity index (χ1n) is 9.40. The van der Waals surface area contributed by atoms with E-state index in [1.807, 2.05) is 49.6 Å². The molecule has 2 aromatic carbocycles. The number of nitrogens with zero attached hydrogens (tertiary/aromatic N) is 2. The van der Waals surface area contributed by atoms with Crippen molar-refractivity contribution in [1.29, 1.82) is 0 Å². The van der Waals surface area contributed by atoms with Gasteiger partial charge in [0.1, 0.15) is 5.01 Å². The summed E-state index contributed by atoms with van der Waals surface area (Å²) in [5.74, 6) is -0.303. The van der Waals surface area contributed by atoms with E-state index in [1.165, 1.54) is 11.3 Å². The summed E-state index contributed by atoms with van der Waals surface area (Å²) >= 11 is 7.80. The molecule has 150 valence electrons. The van der Waals surface area contributed by atoms with Crippen LogP contribution in [0.15, 0.2) is 53.9 Å². The quantitative estimate of drug-likeness (QED) is 0.568. The van der Waals surface area contributed by atoms with Crippen LogP contribution in [0.2, 0.25) is 5.02 Å². The van der Waals surface area contributed by atoms with E-state index in [0.29, 0.717) is 35.1 Å². The van der Waals surface area contributed by atoms with Gasteiger partial charge in [-0.1, -0.05) is 41.9 Å². The molecule has 0 unspecified atom stereocenters. The first kappa shape index (κ1) is 21.0. The normalized spacial score (nSPS) is 10.6. The fraction of sp³-hybridized carbons (Fsp3) is 0.227. The van der Waals surface area contributed by atoms with Crippen molar-refractivity contribution in [1.82, 2.24) is 9.88 Å². The Hall–Kier alpha value is -2.70. The zero-order chi connectivity index (χ0) is 20.8. The summed E-state index contributed by atoms with van der Waals surface area (Å²) in [4.78, 5) is 31.1. The van der Waals surface area contributed by atoms with Gasteiger partial charge < -0.3 is 10.2 Å². The average Bonchev–Trinajstić information content (AvgIpc) is 3.18. The standard InChI is InChI=1S/C22H22ClN3O2S/c1-3-26(4-2)22(28)18-11-10-16(12-19(18)23)24-20(27)13-17-14-29-21(25-17)15-8-6-5-7-9-15/h5-12,14H,3-4,13H2,1-2H3,(H,24,27). The molecular weight excluding hydrogens is 406 g/mol. The van der Waals surface area contributed by atoms with Gasteiger partial charge in [-0.05, 0) is 32.0 Å². The monoisotopic (exact) mass is 427 g/mol. The van der Waals surface area contributed by atoms with Crippen LogP contribution in [-0.2, 0) is 11.2 Å². The Kier molecular flexibility index (Phi) is 7.01. The summed E-state index contributed by atoms with van der Waals surface area (Å²) in [6.07, 6.45) is 0.168. The Morgan fingerprint density at radius 1 is 1.10 bits per heavy atom. The summed E-state index contributed by atoms with van der Waals surface area (Å²) in [6, 6.07) is 14.8. The fourth-order valence-electron chi connectivity index (χ4n) is 2.92. The molecule has 0 spiro atoms. The van der Waals surface area contributed by atoms with Gasteiger partial charge in [-0.15, -0.1) is 11.3 Å². The molecule has 0 fully saturated rings. The maximum absolute atomic E-state index is 12.5. The number of hydrogen-bond acceptors (Lipinski definition) is 4. The lowest BCUT2D eigenvalue weighted by atomic mass is 10.1. The van der Waals surface area contributed by atoms with Gasteiger partial charge in [-0.2, -0.15) is 0 Å². The minimum absolute atomic E-state index is 0.117. The Balaban J connectivity index is 1.65. The highest BCUT2D eigenvalue weighted by Crippen LogP contribution is 2.25. The molecule has 0 radical (unpaired) electrons. The van der Waals surface area contributed by atoms with E-state index in [0.717, 1.165) is 10.6 Å². The maximum Gasteiger partial charge on any atom is 0.255 e. The van der Waals surface area contributed by atoms with Crippen molar-refractivity contribution in [3.05, 3.63) is 70.2 Å². The summed E-state index contributed by atoms with van der Waals surface area (Å²) in [5, 5.41) is 5.91. The number of aromatic nitrogens is 1. The number of thiazole rings is 1. The first-order valence-corrected chi connectivity index (χ1v) is 10.7. The largest absolute Gasteiger partial charge is 0.339 e. The third-order valence-electron chi connectivity index (χ3n) is 4.45. The predicted molar refractivity (Wildman–Crippen MR) is 119 cm³/mol. The third-order valence-corrected chi connectivity index (χ3v) is 5.70. The topological polar surface area (TPSA) is 62.3 Å². The molecule has 0 aliphatic rings. The van der Waals surface area contributed by atoms with Gasteiger partial charge in [0.05, 0.1) is 22.7 Å². The third kappa shape index (κ3) is 5.22. The predicted octanol–water partition coefficient (Wildman–Crippen LogP) is 5.13. The minimum Gasteiger partial charge on any atom is -0.339 e. The minimum atomic E-state index is -0.186. The van der Waals surface area contributed by atoms with Crippen LogP contribution in [0.5, 0.6) is 0 Å². The van der Waals surface area contributed by atoms with E-state index in [9.17, 15) is 9.59 Å². The molecule has 0 aliphatic carbocycles. The van der Waals surface area contributed by atoms with E-state index < -0.39 is 0 Å². The summed E-state index contributed by atoms with van der Waals surface area (Å²) in [5.41, 5.74) is 2.73. The number of amides is 2. The van der Waals surface area contributed by atoms with Crippen LogP contribution < -0.4 is 5.32 Å². The van der Waals surface area contributed by atoms with Crippen molar-refractivity contribution >= 4 is 40.4 Å². The van der Waals surface area contributed by atoms with Crippen LogP contribution in [0.3, 0.4) is 0 Å². The van der Waals surface area contributed by atoms with Crippen molar-refractivity contribution in [3.63, 3.8) is 0 Å². The molecule has 7 heteroatoms. The molecule has 0 bridgehead atoms. The van der Waals surface area contributed by atoms with Crippen molar-refractivity contribution in [2.75, 3.05) is 18.4 Å². The van der Waals surface area contributed by atoms with Gasteiger partial charge in [-0.25, -0.2) is 4.98 Å². The molecule has 0 atom stereocenters.